The van der Waals surface area contributed by atoms with Gasteiger partial charge in [-0.1, -0.05) is 38.5 Å². The lowest BCUT2D eigenvalue weighted by Crippen LogP contribution is -2.33. The van der Waals surface area contributed by atoms with Crippen molar-refractivity contribution in [3.63, 3.8) is 0 Å². The Kier molecular flexibility index (Phi) is 4.07. The molecule has 0 radical (unpaired) electrons. The summed E-state index contributed by atoms with van der Waals surface area (Å²) in [5.41, 5.74) is 0. The van der Waals surface area contributed by atoms with Crippen molar-refractivity contribution in [2.24, 2.45) is 17.8 Å². The maximum atomic E-state index is 5.71. The molecule has 15 heavy (non-hydrogen) atoms. The highest BCUT2D eigenvalue weighted by Crippen LogP contribution is 2.45. The highest BCUT2D eigenvalue weighted by Gasteiger charge is 2.35. The van der Waals surface area contributed by atoms with E-state index in [4.69, 9.17) is 4.74 Å². The average Bonchev–Trinajstić information content (AvgIpc) is 1.96. The normalized spacial score (nSPS) is 23.2. The van der Waals surface area contributed by atoms with Crippen molar-refractivity contribution >= 4 is 0 Å². The Morgan fingerprint density at radius 2 is 1.53 bits per heavy atom. The van der Waals surface area contributed by atoms with Gasteiger partial charge in [-0.2, -0.15) is 0 Å². The second-order valence-corrected chi connectivity index (χ2v) is 5.75. The fourth-order valence-corrected chi connectivity index (χ4v) is 3.03. The summed E-state index contributed by atoms with van der Waals surface area (Å²) in [4.78, 5) is 0. The SMILES string of the molecule is CC(C)OCCC(C1CCC1)C1CCC1. The van der Waals surface area contributed by atoms with Crippen LogP contribution < -0.4 is 0 Å². The van der Waals surface area contributed by atoms with Gasteiger partial charge in [0.2, 0.25) is 0 Å². The van der Waals surface area contributed by atoms with Crippen molar-refractivity contribution in [3.8, 4) is 0 Å². The Labute approximate surface area is 94.6 Å². The van der Waals surface area contributed by atoms with E-state index in [1.54, 1.807) is 0 Å². The van der Waals surface area contributed by atoms with Gasteiger partial charge < -0.3 is 4.74 Å². The molecule has 0 N–H and O–H groups in total. The zero-order valence-corrected chi connectivity index (χ0v) is 10.4. The molecule has 0 aromatic rings. The molecular formula is C14H26O. The quantitative estimate of drug-likeness (QED) is 0.643. The van der Waals surface area contributed by atoms with Crippen LogP contribution in [0.1, 0.15) is 58.8 Å². The summed E-state index contributed by atoms with van der Waals surface area (Å²) in [6.07, 6.45) is 10.7. The average molecular weight is 210 g/mol. The van der Waals surface area contributed by atoms with Gasteiger partial charge >= 0.3 is 0 Å². The van der Waals surface area contributed by atoms with Crippen molar-refractivity contribution in [1.29, 1.82) is 0 Å². The van der Waals surface area contributed by atoms with Gasteiger partial charge in [0.05, 0.1) is 6.10 Å². The van der Waals surface area contributed by atoms with E-state index in [1.807, 2.05) is 0 Å². The van der Waals surface area contributed by atoms with E-state index in [1.165, 1.54) is 44.9 Å². The van der Waals surface area contributed by atoms with Crippen LogP contribution in [0, 0.1) is 17.8 Å². The van der Waals surface area contributed by atoms with E-state index in [0.717, 1.165) is 24.4 Å². The zero-order chi connectivity index (χ0) is 10.7. The Bertz CT molecular complexity index is 166. The van der Waals surface area contributed by atoms with Gasteiger partial charge in [-0.15, -0.1) is 0 Å². The molecule has 0 saturated heterocycles. The van der Waals surface area contributed by atoms with Gasteiger partial charge in [0.15, 0.2) is 0 Å². The van der Waals surface area contributed by atoms with Crippen LogP contribution in [0.3, 0.4) is 0 Å². The zero-order valence-electron chi connectivity index (χ0n) is 10.4. The van der Waals surface area contributed by atoms with Crippen molar-refractivity contribution in [3.05, 3.63) is 0 Å². The summed E-state index contributed by atoms with van der Waals surface area (Å²) in [5, 5.41) is 0. The molecule has 2 saturated carbocycles. The van der Waals surface area contributed by atoms with Crippen LogP contribution in [0.15, 0.2) is 0 Å². The third-order valence-corrected chi connectivity index (χ3v) is 4.41. The molecule has 0 aromatic heterocycles. The Hall–Kier alpha value is -0.0400. The number of hydrogen-bond acceptors (Lipinski definition) is 1. The van der Waals surface area contributed by atoms with Crippen molar-refractivity contribution in [2.75, 3.05) is 6.61 Å². The van der Waals surface area contributed by atoms with Crippen LogP contribution in [0.2, 0.25) is 0 Å². The Balaban J connectivity index is 1.72. The highest BCUT2D eigenvalue weighted by molar-refractivity contribution is 4.86. The highest BCUT2D eigenvalue weighted by atomic mass is 16.5. The summed E-state index contributed by atoms with van der Waals surface area (Å²) >= 11 is 0. The van der Waals surface area contributed by atoms with Crippen molar-refractivity contribution in [2.45, 2.75) is 64.9 Å². The minimum atomic E-state index is 0.411. The van der Waals surface area contributed by atoms with Gasteiger partial charge in [0.25, 0.3) is 0 Å². The predicted molar refractivity (Wildman–Crippen MR) is 63.9 cm³/mol. The summed E-state index contributed by atoms with van der Waals surface area (Å²) in [6, 6.07) is 0. The molecule has 0 amide bonds. The van der Waals surface area contributed by atoms with Crippen LogP contribution in [0.25, 0.3) is 0 Å². The molecule has 0 unspecified atom stereocenters. The summed E-state index contributed by atoms with van der Waals surface area (Å²) in [6.45, 7) is 5.28. The molecule has 0 aliphatic heterocycles. The van der Waals surface area contributed by atoms with Crippen LogP contribution in [0.5, 0.6) is 0 Å². The molecule has 0 aromatic carbocycles. The van der Waals surface area contributed by atoms with Crippen LogP contribution >= 0.6 is 0 Å². The minimum absolute atomic E-state index is 0.411. The topological polar surface area (TPSA) is 9.23 Å². The Morgan fingerprint density at radius 3 is 1.87 bits per heavy atom. The fourth-order valence-electron chi connectivity index (χ4n) is 3.03. The van der Waals surface area contributed by atoms with Crippen LogP contribution in [-0.2, 0) is 4.74 Å². The molecule has 0 spiro atoms. The van der Waals surface area contributed by atoms with Crippen molar-refractivity contribution in [1.82, 2.24) is 0 Å². The molecule has 2 aliphatic rings. The molecule has 0 atom stereocenters. The first-order valence-electron chi connectivity index (χ1n) is 6.89. The standard InChI is InChI=1S/C14H26O/c1-11(2)15-10-9-14(12-5-3-6-12)13-7-4-8-13/h11-14H,3-10H2,1-2H3. The lowest BCUT2D eigenvalue weighted by Gasteiger charge is -2.42. The Morgan fingerprint density at radius 1 is 1.00 bits per heavy atom. The van der Waals surface area contributed by atoms with Gasteiger partial charge in [0.1, 0.15) is 0 Å². The van der Waals surface area contributed by atoms with E-state index in [9.17, 15) is 0 Å². The second-order valence-electron chi connectivity index (χ2n) is 5.75. The summed E-state index contributed by atoms with van der Waals surface area (Å²) in [7, 11) is 0. The summed E-state index contributed by atoms with van der Waals surface area (Å²) in [5.74, 6) is 3.13. The largest absolute Gasteiger partial charge is 0.379 e. The molecule has 2 aliphatic carbocycles. The molecule has 0 heterocycles. The molecule has 2 fully saturated rings. The first kappa shape index (κ1) is 11.4. The summed E-state index contributed by atoms with van der Waals surface area (Å²) < 4.78 is 5.71. The molecule has 2 rings (SSSR count). The lowest BCUT2D eigenvalue weighted by molar-refractivity contribution is 0.0251. The first-order valence-corrected chi connectivity index (χ1v) is 6.89. The maximum Gasteiger partial charge on any atom is 0.0518 e. The number of ether oxygens (including phenoxy) is 1. The molecule has 1 nitrogen and oxygen atoms in total. The minimum Gasteiger partial charge on any atom is -0.379 e. The number of rotatable bonds is 6. The first-order chi connectivity index (χ1) is 7.27. The predicted octanol–water partition coefficient (Wildman–Crippen LogP) is 4.02. The molecule has 0 bridgehead atoms. The van der Waals surface area contributed by atoms with Gasteiger partial charge in [-0.05, 0) is 38.0 Å². The van der Waals surface area contributed by atoms with E-state index < -0.39 is 0 Å². The smallest absolute Gasteiger partial charge is 0.0518 e. The van der Waals surface area contributed by atoms with E-state index >= 15 is 0 Å². The third-order valence-electron chi connectivity index (χ3n) is 4.41. The van der Waals surface area contributed by atoms with E-state index in [0.29, 0.717) is 6.10 Å². The van der Waals surface area contributed by atoms with Gasteiger partial charge in [-0.25, -0.2) is 0 Å². The van der Waals surface area contributed by atoms with Gasteiger partial charge in [0, 0.05) is 6.61 Å². The molecular weight excluding hydrogens is 184 g/mol. The molecule has 88 valence electrons. The van der Waals surface area contributed by atoms with Gasteiger partial charge in [-0.3, -0.25) is 0 Å². The number of hydrogen-bond donors (Lipinski definition) is 0. The van der Waals surface area contributed by atoms with E-state index in [-0.39, 0.29) is 0 Å². The fraction of sp³-hybridized carbons (Fsp3) is 1.00. The molecule has 1 heteroatoms. The maximum absolute atomic E-state index is 5.71. The van der Waals surface area contributed by atoms with Crippen molar-refractivity contribution < 1.29 is 4.74 Å². The lowest BCUT2D eigenvalue weighted by atomic mass is 9.63. The van der Waals surface area contributed by atoms with Crippen LogP contribution in [0.4, 0.5) is 0 Å². The second kappa shape index (κ2) is 5.34. The third kappa shape index (κ3) is 2.96. The van der Waals surface area contributed by atoms with E-state index in [2.05, 4.69) is 13.8 Å². The monoisotopic (exact) mass is 210 g/mol. The van der Waals surface area contributed by atoms with Crippen LogP contribution in [-0.4, -0.2) is 12.7 Å².